The number of oxime groups is 1. The number of rotatable bonds is 1. The molecule has 1 saturated heterocycles. The number of hydrogen-bond acceptors (Lipinski definition) is 3. The van der Waals surface area contributed by atoms with Gasteiger partial charge in [0, 0.05) is 31.3 Å². The van der Waals surface area contributed by atoms with Gasteiger partial charge in [0.05, 0.1) is 5.71 Å². The Morgan fingerprint density at radius 3 is 2.65 bits per heavy atom. The first kappa shape index (κ1) is 12.4. The van der Waals surface area contributed by atoms with Crippen molar-refractivity contribution in [3.8, 4) is 0 Å². The summed E-state index contributed by atoms with van der Waals surface area (Å²) >= 11 is 0. The number of piperidine rings is 1. The average Bonchev–Trinajstić information content (AvgIpc) is 2.39. The number of likely N-dealkylation sites (tertiary alicyclic amines) is 1. The zero-order valence-electron chi connectivity index (χ0n) is 10.6. The van der Waals surface area contributed by atoms with Crippen LogP contribution in [0.3, 0.4) is 0 Å². The van der Waals surface area contributed by atoms with E-state index in [0.29, 0.717) is 12.5 Å². The molecule has 0 aromatic heterocycles. The largest absolute Gasteiger partial charge is 0.411 e. The molecule has 1 heterocycles. The second kappa shape index (κ2) is 5.52. The van der Waals surface area contributed by atoms with E-state index < -0.39 is 0 Å². The first-order valence-electron chi connectivity index (χ1n) is 6.72. The van der Waals surface area contributed by atoms with E-state index in [1.54, 1.807) is 0 Å². The second-order valence-electron chi connectivity index (χ2n) is 5.36. The summed E-state index contributed by atoms with van der Waals surface area (Å²) in [5.74, 6) is 0.776. The van der Waals surface area contributed by atoms with Gasteiger partial charge < -0.3 is 10.1 Å². The Labute approximate surface area is 103 Å². The first-order valence-corrected chi connectivity index (χ1v) is 6.72. The zero-order valence-corrected chi connectivity index (χ0v) is 10.6. The van der Waals surface area contributed by atoms with Gasteiger partial charge in [0.15, 0.2) is 0 Å². The molecule has 4 nitrogen and oxygen atoms in total. The van der Waals surface area contributed by atoms with E-state index in [1.165, 1.54) is 19.3 Å². The van der Waals surface area contributed by atoms with Gasteiger partial charge in [-0.25, -0.2) is 0 Å². The van der Waals surface area contributed by atoms with Gasteiger partial charge >= 0.3 is 0 Å². The number of carbonyl (C=O) groups excluding carboxylic acids is 1. The molecule has 96 valence electrons. The van der Waals surface area contributed by atoms with Crippen LogP contribution in [0.1, 0.15) is 45.4 Å². The van der Waals surface area contributed by atoms with Crippen LogP contribution in [0.25, 0.3) is 0 Å². The monoisotopic (exact) mass is 238 g/mol. The standard InChI is InChI=1S/C13H22N2O2/c1-10-9-15(8-7-12(10)14-17)13(16)11-5-3-2-4-6-11/h10-11,17H,2-9H2,1H3. The van der Waals surface area contributed by atoms with Crippen LogP contribution in [-0.4, -0.2) is 34.8 Å². The summed E-state index contributed by atoms with van der Waals surface area (Å²) in [7, 11) is 0. The highest BCUT2D eigenvalue weighted by molar-refractivity contribution is 5.89. The smallest absolute Gasteiger partial charge is 0.225 e. The van der Waals surface area contributed by atoms with E-state index in [-0.39, 0.29) is 11.8 Å². The summed E-state index contributed by atoms with van der Waals surface area (Å²) in [5.41, 5.74) is 0.831. The fourth-order valence-electron chi connectivity index (χ4n) is 2.98. The third-order valence-corrected chi connectivity index (χ3v) is 4.10. The quantitative estimate of drug-likeness (QED) is 0.563. The van der Waals surface area contributed by atoms with Crippen molar-refractivity contribution in [2.45, 2.75) is 45.4 Å². The van der Waals surface area contributed by atoms with Crippen molar-refractivity contribution in [1.82, 2.24) is 4.90 Å². The Bertz CT molecular complexity index is 309. The van der Waals surface area contributed by atoms with Crippen LogP contribution in [0, 0.1) is 11.8 Å². The minimum absolute atomic E-state index is 0.196. The normalized spacial score (nSPS) is 29.6. The van der Waals surface area contributed by atoms with Gasteiger partial charge in [-0.3, -0.25) is 4.79 Å². The van der Waals surface area contributed by atoms with Crippen molar-refractivity contribution in [3.63, 3.8) is 0 Å². The predicted molar refractivity (Wildman–Crippen MR) is 66.2 cm³/mol. The van der Waals surface area contributed by atoms with Crippen LogP contribution in [0.2, 0.25) is 0 Å². The minimum Gasteiger partial charge on any atom is -0.411 e. The van der Waals surface area contributed by atoms with Crippen molar-refractivity contribution in [3.05, 3.63) is 0 Å². The van der Waals surface area contributed by atoms with E-state index in [9.17, 15) is 4.79 Å². The van der Waals surface area contributed by atoms with Crippen LogP contribution < -0.4 is 0 Å². The fraction of sp³-hybridized carbons (Fsp3) is 0.846. The van der Waals surface area contributed by atoms with Crippen LogP contribution in [0.15, 0.2) is 5.16 Å². The Morgan fingerprint density at radius 2 is 2.06 bits per heavy atom. The summed E-state index contributed by atoms with van der Waals surface area (Å²) in [6.45, 7) is 3.46. The third-order valence-electron chi connectivity index (χ3n) is 4.10. The molecule has 2 fully saturated rings. The Kier molecular flexibility index (Phi) is 4.02. The van der Waals surface area contributed by atoms with Crippen LogP contribution in [-0.2, 0) is 4.79 Å². The highest BCUT2D eigenvalue weighted by atomic mass is 16.4. The molecule has 1 unspecified atom stereocenters. The number of nitrogens with zero attached hydrogens (tertiary/aromatic N) is 2. The topological polar surface area (TPSA) is 52.9 Å². The second-order valence-corrected chi connectivity index (χ2v) is 5.36. The van der Waals surface area contributed by atoms with Gasteiger partial charge in [0.2, 0.25) is 5.91 Å². The first-order chi connectivity index (χ1) is 8.22. The lowest BCUT2D eigenvalue weighted by atomic mass is 9.87. The molecule has 1 N–H and O–H groups in total. The van der Waals surface area contributed by atoms with E-state index in [4.69, 9.17) is 5.21 Å². The number of amides is 1. The van der Waals surface area contributed by atoms with Crippen LogP contribution >= 0.6 is 0 Å². The molecule has 1 amide bonds. The highest BCUT2D eigenvalue weighted by Gasteiger charge is 2.30. The van der Waals surface area contributed by atoms with Crippen molar-refractivity contribution >= 4 is 11.6 Å². The molecule has 2 aliphatic rings. The molecule has 1 aliphatic heterocycles. The van der Waals surface area contributed by atoms with E-state index in [0.717, 1.165) is 31.5 Å². The van der Waals surface area contributed by atoms with Gasteiger partial charge in [-0.2, -0.15) is 0 Å². The fourth-order valence-corrected chi connectivity index (χ4v) is 2.98. The highest BCUT2D eigenvalue weighted by Crippen LogP contribution is 2.27. The molecule has 0 radical (unpaired) electrons. The van der Waals surface area contributed by atoms with Gasteiger partial charge in [0.25, 0.3) is 0 Å². The van der Waals surface area contributed by atoms with E-state index in [2.05, 4.69) is 5.16 Å². The van der Waals surface area contributed by atoms with E-state index in [1.807, 2.05) is 11.8 Å². The average molecular weight is 238 g/mol. The lowest BCUT2D eigenvalue weighted by Crippen LogP contribution is -2.46. The molecule has 2 rings (SSSR count). The molecule has 1 atom stereocenters. The van der Waals surface area contributed by atoms with Crippen LogP contribution in [0.5, 0.6) is 0 Å². The number of carbonyl (C=O) groups is 1. The maximum Gasteiger partial charge on any atom is 0.225 e. The molecule has 4 heteroatoms. The van der Waals surface area contributed by atoms with Crippen molar-refractivity contribution in [2.75, 3.05) is 13.1 Å². The maximum absolute atomic E-state index is 12.3. The predicted octanol–water partition coefficient (Wildman–Crippen LogP) is 2.27. The van der Waals surface area contributed by atoms with Crippen molar-refractivity contribution < 1.29 is 10.0 Å². The van der Waals surface area contributed by atoms with Crippen LogP contribution in [0.4, 0.5) is 0 Å². The summed E-state index contributed by atoms with van der Waals surface area (Å²) in [5, 5.41) is 12.1. The SMILES string of the molecule is CC1CN(C(=O)C2CCCCC2)CCC1=NO. The molecule has 0 bridgehead atoms. The molecular weight excluding hydrogens is 216 g/mol. The summed E-state index contributed by atoms with van der Waals surface area (Å²) in [6.07, 6.45) is 6.51. The molecule has 0 aromatic rings. The Hall–Kier alpha value is -1.06. The number of hydrogen-bond donors (Lipinski definition) is 1. The molecule has 1 saturated carbocycles. The summed E-state index contributed by atoms with van der Waals surface area (Å²) in [4.78, 5) is 14.3. The summed E-state index contributed by atoms with van der Waals surface area (Å²) < 4.78 is 0. The third kappa shape index (κ3) is 2.79. The Morgan fingerprint density at radius 1 is 1.35 bits per heavy atom. The molecule has 0 aromatic carbocycles. The minimum atomic E-state index is 0.196. The molecule has 17 heavy (non-hydrogen) atoms. The van der Waals surface area contributed by atoms with Gasteiger partial charge in [-0.05, 0) is 12.8 Å². The van der Waals surface area contributed by atoms with Gasteiger partial charge in [-0.1, -0.05) is 31.3 Å². The molecule has 1 aliphatic carbocycles. The van der Waals surface area contributed by atoms with Crippen molar-refractivity contribution in [1.29, 1.82) is 0 Å². The van der Waals surface area contributed by atoms with Crippen molar-refractivity contribution in [2.24, 2.45) is 17.0 Å². The lowest BCUT2D eigenvalue weighted by Gasteiger charge is -2.35. The lowest BCUT2D eigenvalue weighted by molar-refractivity contribution is -0.137. The molecular formula is C13H22N2O2. The molecule has 0 spiro atoms. The zero-order chi connectivity index (χ0) is 12.3. The van der Waals surface area contributed by atoms with E-state index >= 15 is 0 Å². The maximum atomic E-state index is 12.3. The Balaban J connectivity index is 1.92. The summed E-state index contributed by atoms with van der Waals surface area (Å²) in [6, 6.07) is 0. The van der Waals surface area contributed by atoms with Gasteiger partial charge in [-0.15, -0.1) is 0 Å². The van der Waals surface area contributed by atoms with Gasteiger partial charge in [0.1, 0.15) is 0 Å².